The lowest BCUT2D eigenvalue weighted by atomic mass is 10.2. The summed E-state index contributed by atoms with van der Waals surface area (Å²) in [5.41, 5.74) is 1.77. The molecule has 0 aliphatic carbocycles. The Hall–Kier alpha value is -2.93. The highest BCUT2D eigenvalue weighted by molar-refractivity contribution is 8.00. The van der Waals surface area contributed by atoms with Crippen LogP contribution in [0, 0.1) is 0 Å². The molecule has 0 bridgehead atoms. The van der Waals surface area contributed by atoms with E-state index in [0.717, 1.165) is 53.2 Å². The van der Waals surface area contributed by atoms with E-state index in [9.17, 15) is 9.59 Å². The molecule has 33 heavy (non-hydrogen) atoms. The van der Waals surface area contributed by atoms with Crippen LogP contribution in [0.25, 0.3) is 10.9 Å². The van der Waals surface area contributed by atoms with Crippen LogP contribution in [0.15, 0.2) is 59.6 Å². The van der Waals surface area contributed by atoms with Crippen LogP contribution in [0.5, 0.6) is 5.75 Å². The molecule has 7 heteroatoms. The first-order valence-corrected chi connectivity index (χ1v) is 12.6. The summed E-state index contributed by atoms with van der Waals surface area (Å²) in [6, 6.07) is 15.4. The van der Waals surface area contributed by atoms with E-state index in [4.69, 9.17) is 4.74 Å². The molecule has 0 atom stereocenters. The second-order valence-corrected chi connectivity index (χ2v) is 9.24. The van der Waals surface area contributed by atoms with Gasteiger partial charge >= 0.3 is 0 Å². The molecule has 1 aliphatic rings. The molecule has 1 aliphatic heterocycles. The van der Waals surface area contributed by atoms with Crippen molar-refractivity contribution in [1.82, 2.24) is 9.47 Å². The van der Waals surface area contributed by atoms with Crippen molar-refractivity contribution in [2.45, 2.75) is 44.0 Å². The molecule has 4 rings (SSSR count). The third-order valence-electron chi connectivity index (χ3n) is 5.82. The number of hydrogen-bond donors (Lipinski definition) is 1. The van der Waals surface area contributed by atoms with Crippen LogP contribution in [-0.4, -0.2) is 46.7 Å². The van der Waals surface area contributed by atoms with E-state index in [2.05, 4.69) is 11.4 Å². The Bertz CT molecular complexity index is 1090. The SMILES string of the molecule is CCOc1ccc(NC(=O)CSc2cn(CC(=O)N3CCCCCC3)c3ccccc23)cc1. The molecule has 6 nitrogen and oxygen atoms in total. The number of ether oxygens (including phenoxy) is 1. The average molecular weight is 466 g/mol. The molecule has 3 aromatic rings. The fraction of sp³-hybridized carbons (Fsp3) is 0.385. The number of nitrogens with zero attached hydrogens (tertiary/aromatic N) is 2. The van der Waals surface area contributed by atoms with Gasteiger partial charge in [-0.1, -0.05) is 31.0 Å². The fourth-order valence-electron chi connectivity index (χ4n) is 4.17. The van der Waals surface area contributed by atoms with Gasteiger partial charge in [0.1, 0.15) is 12.3 Å². The zero-order valence-corrected chi connectivity index (χ0v) is 19.9. The maximum Gasteiger partial charge on any atom is 0.242 e. The Balaban J connectivity index is 1.40. The first-order valence-electron chi connectivity index (χ1n) is 11.6. The number of nitrogens with one attached hydrogen (secondary N) is 1. The highest BCUT2D eigenvalue weighted by Crippen LogP contribution is 2.30. The normalized spacial score (nSPS) is 14.2. The maximum atomic E-state index is 12.9. The average Bonchev–Trinajstić information content (AvgIpc) is 2.99. The minimum atomic E-state index is -0.0679. The standard InChI is InChI=1S/C26H31N3O3S/c1-2-32-21-13-11-20(12-14-21)27-25(30)19-33-24-17-29(23-10-6-5-9-22(23)24)18-26(31)28-15-7-3-4-8-16-28/h5-6,9-14,17H,2-4,7-8,15-16,18-19H2,1H3,(H,27,30). The summed E-state index contributed by atoms with van der Waals surface area (Å²) in [6.45, 7) is 4.59. The zero-order valence-electron chi connectivity index (χ0n) is 19.1. The molecular formula is C26H31N3O3S. The van der Waals surface area contributed by atoms with Gasteiger partial charge in [-0.05, 0) is 50.1 Å². The summed E-state index contributed by atoms with van der Waals surface area (Å²) in [6.07, 6.45) is 6.59. The molecule has 0 unspecified atom stereocenters. The number of hydrogen-bond acceptors (Lipinski definition) is 4. The Morgan fingerprint density at radius 2 is 1.73 bits per heavy atom. The van der Waals surface area contributed by atoms with Crippen molar-refractivity contribution in [2.75, 3.05) is 30.8 Å². The van der Waals surface area contributed by atoms with E-state index in [1.54, 1.807) is 0 Å². The van der Waals surface area contributed by atoms with Crippen LogP contribution in [0.3, 0.4) is 0 Å². The number of thioether (sulfide) groups is 1. The highest BCUT2D eigenvalue weighted by Gasteiger charge is 2.18. The van der Waals surface area contributed by atoms with Crippen LogP contribution in [0.2, 0.25) is 0 Å². The van der Waals surface area contributed by atoms with Gasteiger partial charge < -0.3 is 19.5 Å². The van der Waals surface area contributed by atoms with Crippen molar-refractivity contribution in [3.63, 3.8) is 0 Å². The fourth-order valence-corrected chi connectivity index (χ4v) is 5.05. The number of likely N-dealkylation sites (tertiary alicyclic amines) is 1. The van der Waals surface area contributed by atoms with Gasteiger partial charge in [0, 0.05) is 40.8 Å². The molecule has 2 amide bonds. The number of carbonyl (C=O) groups excluding carboxylic acids is 2. The van der Waals surface area contributed by atoms with Crippen molar-refractivity contribution in [1.29, 1.82) is 0 Å². The Kier molecular flexibility index (Phi) is 7.94. The lowest BCUT2D eigenvalue weighted by Gasteiger charge is -2.20. The minimum absolute atomic E-state index is 0.0679. The molecule has 1 fully saturated rings. The number of benzene rings is 2. The second-order valence-electron chi connectivity index (χ2n) is 8.23. The molecule has 2 aromatic carbocycles. The molecule has 0 spiro atoms. The van der Waals surface area contributed by atoms with Crippen LogP contribution < -0.4 is 10.1 Å². The van der Waals surface area contributed by atoms with Crippen LogP contribution in [0.4, 0.5) is 5.69 Å². The number of fused-ring (bicyclic) bond motifs is 1. The van der Waals surface area contributed by atoms with E-state index < -0.39 is 0 Å². The summed E-state index contributed by atoms with van der Waals surface area (Å²) < 4.78 is 7.46. The van der Waals surface area contributed by atoms with E-state index in [-0.39, 0.29) is 11.8 Å². The molecular weight excluding hydrogens is 434 g/mol. The number of anilines is 1. The monoisotopic (exact) mass is 465 g/mol. The molecule has 1 saturated heterocycles. The maximum absolute atomic E-state index is 12.9. The van der Waals surface area contributed by atoms with E-state index >= 15 is 0 Å². The van der Waals surface area contributed by atoms with E-state index in [1.807, 2.05) is 65.1 Å². The van der Waals surface area contributed by atoms with Gasteiger partial charge in [-0.15, -0.1) is 11.8 Å². The predicted molar refractivity (Wildman–Crippen MR) is 134 cm³/mol. The molecule has 1 N–H and O–H groups in total. The summed E-state index contributed by atoms with van der Waals surface area (Å²) in [7, 11) is 0. The van der Waals surface area contributed by atoms with Crippen LogP contribution in [0.1, 0.15) is 32.6 Å². The topological polar surface area (TPSA) is 63.6 Å². The van der Waals surface area contributed by atoms with Gasteiger partial charge in [0.2, 0.25) is 11.8 Å². The number of amides is 2. The Labute approximate surface area is 199 Å². The lowest BCUT2D eigenvalue weighted by Crippen LogP contribution is -2.34. The largest absolute Gasteiger partial charge is 0.494 e. The van der Waals surface area contributed by atoms with E-state index in [1.165, 1.54) is 24.6 Å². The molecule has 0 saturated carbocycles. The predicted octanol–water partition coefficient (Wildman–Crippen LogP) is 5.17. The van der Waals surface area contributed by atoms with Gasteiger partial charge in [-0.2, -0.15) is 0 Å². The van der Waals surface area contributed by atoms with Gasteiger partial charge in [0.25, 0.3) is 0 Å². The molecule has 1 aromatic heterocycles. The Morgan fingerprint density at radius 1 is 1.00 bits per heavy atom. The number of carbonyl (C=O) groups is 2. The lowest BCUT2D eigenvalue weighted by molar-refractivity contribution is -0.131. The quantitative estimate of drug-likeness (QED) is 0.466. The molecule has 174 valence electrons. The zero-order chi connectivity index (χ0) is 23.0. The first-order chi connectivity index (χ1) is 16.1. The summed E-state index contributed by atoms with van der Waals surface area (Å²) in [4.78, 5) is 28.5. The number of aromatic nitrogens is 1. The van der Waals surface area contributed by atoms with Crippen LogP contribution in [-0.2, 0) is 16.1 Å². The highest BCUT2D eigenvalue weighted by atomic mass is 32.2. The van der Waals surface area contributed by atoms with Crippen molar-refractivity contribution in [3.05, 3.63) is 54.7 Å². The summed E-state index contributed by atoms with van der Waals surface area (Å²) >= 11 is 1.49. The summed E-state index contributed by atoms with van der Waals surface area (Å²) in [5, 5.41) is 4.00. The van der Waals surface area contributed by atoms with Crippen molar-refractivity contribution in [2.24, 2.45) is 0 Å². The van der Waals surface area contributed by atoms with Crippen molar-refractivity contribution in [3.8, 4) is 5.75 Å². The third kappa shape index (κ3) is 6.11. The van der Waals surface area contributed by atoms with Gasteiger partial charge in [-0.25, -0.2) is 0 Å². The Morgan fingerprint density at radius 3 is 2.45 bits per heavy atom. The number of rotatable bonds is 8. The van der Waals surface area contributed by atoms with Crippen molar-refractivity contribution >= 4 is 40.2 Å². The van der Waals surface area contributed by atoms with Gasteiger partial charge in [0.15, 0.2) is 0 Å². The third-order valence-corrected chi connectivity index (χ3v) is 6.87. The van der Waals surface area contributed by atoms with Crippen molar-refractivity contribution < 1.29 is 14.3 Å². The van der Waals surface area contributed by atoms with Gasteiger partial charge in [-0.3, -0.25) is 9.59 Å². The smallest absolute Gasteiger partial charge is 0.242 e. The van der Waals surface area contributed by atoms with Gasteiger partial charge in [0.05, 0.1) is 12.4 Å². The second kappa shape index (κ2) is 11.3. The number of para-hydroxylation sites is 1. The minimum Gasteiger partial charge on any atom is -0.494 e. The summed E-state index contributed by atoms with van der Waals surface area (Å²) in [5.74, 6) is 1.18. The van der Waals surface area contributed by atoms with E-state index in [0.29, 0.717) is 18.9 Å². The molecule has 0 radical (unpaired) electrons. The van der Waals surface area contributed by atoms with Crippen LogP contribution >= 0.6 is 11.8 Å². The first kappa shape index (κ1) is 23.2. The molecule has 2 heterocycles.